The summed E-state index contributed by atoms with van der Waals surface area (Å²) < 4.78 is 29.8. The highest BCUT2D eigenvalue weighted by molar-refractivity contribution is 7.92. The molecule has 0 aliphatic heterocycles. The fraction of sp³-hybridized carbons (Fsp3) is 0.357. The maximum Gasteiger partial charge on any atom is 0.307 e. The number of carbonyl (C=O) groups excluding carboxylic acids is 1. The molecule has 6 heteroatoms. The molecule has 0 aromatic heterocycles. The van der Waals surface area contributed by atoms with Crippen molar-refractivity contribution in [2.75, 3.05) is 20.2 Å². The van der Waals surface area contributed by atoms with Crippen molar-refractivity contribution in [1.29, 1.82) is 0 Å². The fourth-order valence-corrected chi connectivity index (χ4v) is 2.32. The van der Waals surface area contributed by atoms with Crippen molar-refractivity contribution < 1.29 is 17.9 Å². The van der Waals surface area contributed by atoms with E-state index < -0.39 is 16.0 Å². The minimum atomic E-state index is -3.52. The summed E-state index contributed by atoms with van der Waals surface area (Å²) >= 11 is 0. The van der Waals surface area contributed by atoms with E-state index in [-0.39, 0.29) is 13.0 Å². The van der Waals surface area contributed by atoms with Crippen molar-refractivity contribution in [2.45, 2.75) is 13.3 Å². The third kappa shape index (κ3) is 5.54. The minimum Gasteiger partial charge on any atom is -0.466 e. The van der Waals surface area contributed by atoms with Gasteiger partial charge in [-0.05, 0) is 18.6 Å². The largest absolute Gasteiger partial charge is 0.466 e. The lowest BCUT2D eigenvalue weighted by Crippen LogP contribution is -2.27. The number of rotatable bonds is 7. The standard InChI is InChI=1S/C14H19NO4S/c1-3-19-14(16)9-11-15(2)20(17,18)12-10-13-7-5-4-6-8-13/h4-8,10,12H,3,9,11H2,1-2H3. The van der Waals surface area contributed by atoms with E-state index in [4.69, 9.17) is 4.74 Å². The summed E-state index contributed by atoms with van der Waals surface area (Å²) in [4.78, 5) is 11.2. The molecule has 0 N–H and O–H groups in total. The summed E-state index contributed by atoms with van der Waals surface area (Å²) in [5.41, 5.74) is 0.801. The number of ether oxygens (including phenoxy) is 1. The number of hydrogen-bond donors (Lipinski definition) is 0. The molecule has 0 heterocycles. The number of carbonyl (C=O) groups is 1. The molecular weight excluding hydrogens is 278 g/mol. The summed E-state index contributed by atoms with van der Waals surface area (Å²) in [6.07, 6.45) is 1.57. The summed E-state index contributed by atoms with van der Waals surface area (Å²) in [6, 6.07) is 9.14. The lowest BCUT2D eigenvalue weighted by molar-refractivity contribution is -0.143. The van der Waals surface area contributed by atoms with Crippen LogP contribution in [-0.4, -0.2) is 38.9 Å². The van der Waals surface area contributed by atoms with Crippen LogP contribution in [-0.2, 0) is 19.6 Å². The Labute approximate surface area is 119 Å². The summed E-state index contributed by atoms with van der Waals surface area (Å²) in [5.74, 6) is -0.401. The number of nitrogens with zero attached hydrogens (tertiary/aromatic N) is 1. The van der Waals surface area contributed by atoms with Crippen LogP contribution in [0.1, 0.15) is 18.9 Å². The normalized spacial score (nSPS) is 11.9. The molecule has 1 aromatic rings. The third-order valence-corrected chi connectivity index (χ3v) is 4.13. The molecule has 110 valence electrons. The monoisotopic (exact) mass is 297 g/mol. The number of benzene rings is 1. The Kier molecular flexibility index (Phi) is 6.41. The van der Waals surface area contributed by atoms with Crippen LogP contribution in [0.4, 0.5) is 0 Å². The predicted molar refractivity (Wildman–Crippen MR) is 78.3 cm³/mol. The van der Waals surface area contributed by atoms with Crippen LogP contribution >= 0.6 is 0 Å². The Morgan fingerprint density at radius 1 is 1.30 bits per heavy atom. The van der Waals surface area contributed by atoms with Gasteiger partial charge in [0.15, 0.2) is 0 Å². The van der Waals surface area contributed by atoms with Crippen LogP contribution in [0.3, 0.4) is 0 Å². The predicted octanol–water partition coefficient (Wildman–Crippen LogP) is 1.87. The summed E-state index contributed by atoms with van der Waals surface area (Å²) in [5, 5.41) is 1.13. The number of sulfonamides is 1. The lowest BCUT2D eigenvalue weighted by atomic mass is 10.2. The van der Waals surface area contributed by atoms with E-state index in [1.807, 2.05) is 30.3 Å². The average molecular weight is 297 g/mol. The molecule has 5 nitrogen and oxygen atoms in total. The number of hydrogen-bond acceptors (Lipinski definition) is 4. The molecule has 0 bridgehead atoms. The van der Waals surface area contributed by atoms with E-state index in [1.54, 1.807) is 6.92 Å². The molecule has 0 spiro atoms. The zero-order valence-corrected chi connectivity index (χ0v) is 12.5. The van der Waals surface area contributed by atoms with Gasteiger partial charge in [0.1, 0.15) is 0 Å². The van der Waals surface area contributed by atoms with Crippen molar-refractivity contribution in [1.82, 2.24) is 4.31 Å². The SMILES string of the molecule is CCOC(=O)CCN(C)S(=O)(=O)C=Cc1ccccc1. The van der Waals surface area contributed by atoms with Crippen molar-refractivity contribution >= 4 is 22.1 Å². The first kappa shape index (κ1) is 16.4. The van der Waals surface area contributed by atoms with Gasteiger partial charge in [-0.2, -0.15) is 0 Å². The molecule has 0 fully saturated rings. The minimum absolute atomic E-state index is 0.0444. The van der Waals surface area contributed by atoms with Crippen LogP contribution in [0.2, 0.25) is 0 Å². The van der Waals surface area contributed by atoms with Gasteiger partial charge < -0.3 is 4.74 Å². The van der Waals surface area contributed by atoms with E-state index in [0.29, 0.717) is 6.61 Å². The highest BCUT2D eigenvalue weighted by Crippen LogP contribution is 2.07. The zero-order chi connectivity index (χ0) is 15.0. The molecular formula is C14H19NO4S. The van der Waals surface area contributed by atoms with E-state index in [9.17, 15) is 13.2 Å². The molecule has 0 aliphatic carbocycles. The van der Waals surface area contributed by atoms with E-state index in [0.717, 1.165) is 15.3 Å². The summed E-state index contributed by atoms with van der Waals surface area (Å²) in [7, 11) is -2.09. The highest BCUT2D eigenvalue weighted by Gasteiger charge is 2.15. The Morgan fingerprint density at radius 3 is 2.55 bits per heavy atom. The molecule has 0 unspecified atom stereocenters. The highest BCUT2D eigenvalue weighted by atomic mass is 32.2. The molecule has 0 amide bonds. The maximum atomic E-state index is 12.0. The fourth-order valence-electron chi connectivity index (χ4n) is 1.44. The number of esters is 1. The van der Waals surface area contributed by atoms with Gasteiger partial charge in [-0.15, -0.1) is 0 Å². The van der Waals surface area contributed by atoms with Crippen molar-refractivity contribution in [3.05, 3.63) is 41.3 Å². The van der Waals surface area contributed by atoms with Crippen molar-refractivity contribution in [2.24, 2.45) is 0 Å². The van der Waals surface area contributed by atoms with E-state index >= 15 is 0 Å². The topological polar surface area (TPSA) is 63.7 Å². The zero-order valence-electron chi connectivity index (χ0n) is 11.7. The quantitative estimate of drug-likeness (QED) is 0.721. The Bertz CT molecular complexity index is 552. The second kappa shape index (κ2) is 7.81. The Balaban J connectivity index is 2.59. The molecule has 0 radical (unpaired) electrons. The van der Waals surface area contributed by atoms with Crippen molar-refractivity contribution in [3.63, 3.8) is 0 Å². The van der Waals surface area contributed by atoms with Crippen LogP contribution < -0.4 is 0 Å². The molecule has 20 heavy (non-hydrogen) atoms. The third-order valence-electron chi connectivity index (χ3n) is 2.60. The Morgan fingerprint density at radius 2 is 1.95 bits per heavy atom. The lowest BCUT2D eigenvalue weighted by Gasteiger charge is -2.13. The first-order valence-corrected chi connectivity index (χ1v) is 7.81. The van der Waals surface area contributed by atoms with E-state index in [1.165, 1.54) is 13.1 Å². The second-order valence-electron chi connectivity index (χ2n) is 4.13. The van der Waals surface area contributed by atoms with Gasteiger partial charge in [-0.3, -0.25) is 4.79 Å². The van der Waals surface area contributed by atoms with E-state index in [2.05, 4.69) is 0 Å². The van der Waals surface area contributed by atoms with Crippen LogP contribution in [0.5, 0.6) is 0 Å². The van der Waals surface area contributed by atoms with Gasteiger partial charge in [0, 0.05) is 19.0 Å². The molecule has 0 saturated carbocycles. The first-order valence-electron chi connectivity index (χ1n) is 6.31. The summed E-state index contributed by atoms with van der Waals surface area (Å²) in [6.45, 7) is 2.10. The molecule has 1 aromatic carbocycles. The van der Waals surface area contributed by atoms with Gasteiger partial charge in [0.05, 0.1) is 13.0 Å². The van der Waals surface area contributed by atoms with Gasteiger partial charge in [0.2, 0.25) is 10.0 Å². The smallest absolute Gasteiger partial charge is 0.307 e. The van der Waals surface area contributed by atoms with Gasteiger partial charge in [-0.1, -0.05) is 30.3 Å². The van der Waals surface area contributed by atoms with Gasteiger partial charge in [-0.25, -0.2) is 12.7 Å². The Hall–Kier alpha value is -1.66. The molecule has 0 atom stereocenters. The van der Waals surface area contributed by atoms with Crippen LogP contribution in [0, 0.1) is 0 Å². The average Bonchev–Trinajstić information content (AvgIpc) is 2.44. The van der Waals surface area contributed by atoms with Gasteiger partial charge in [0.25, 0.3) is 0 Å². The molecule has 0 saturated heterocycles. The second-order valence-corrected chi connectivity index (χ2v) is 6.06. The molecule has 0 aliphatic rings. The first-order chi connectivity index (χ1) is 9.45. The van der Waals surface area contributed by atoms with Crippen molar-refractivity contribution in [3.8, 4) is 0 Å². The van der Waals surface area contributed by atoms with Crippen LogP contribution in [0.15, 0.2) is 35.7 Å². The maximum absolute atomic E-state index is 12.0. The van der Waals surface area contributed by atoms with Crippen LogP contribution in [0.25, 0.3) is 6.08 Å². The van der Waals surface area contributed by atoms with Gasteiger partial charge >= 0.3 is 5.97 Å². The molecule has 1 rings (SSSR count).